The first kappa shape index (κ1) is 11.9. The van der Waals surface area contributed by atoms with Crippen LogP contribution in [0.3, 0.4) is 0 Å². The van der Waals surface area contributed by atoms with E-state index in [4.69, 9.17) is 0 Å². The molecule has 0 radical (unpaired) electrons. The molecule has 12 heavy (non-hydrogen) atoms. The van der Waals surface area contributed by atoms with Crippen molar-refractivity contribution in [3.8, 4) is 0 Å². The molecule has 0 aliphatic heterocycles. The second-order valence-corrected chi connectivity index (χ2v) is 4.82. The van der Waals surface area contributed by atoms with Crippen LogP contribution >= 0.6 is 0 Å². The predicted octanol–water partition coefficient (Wildman–Crippen LogP) is -0.0763. The molecule has 0 saturated heterocycles. The van der Waals surface area contributed by atoms with Gasteiger partial charge in [-0.3, -0.25) is 0 Å². The summed E-state index contributed by atoms with van der Waals surface area (Å²) < 4.78 is 24.8. The van der Waals surface area contributed by atoms with Gasteiger partial charge in [-0.25, -0.2) is 13.1 Å². The molecule has 0 aromatic carbocycles. The van der Waals surface area contributed by atoms with Crippen molar-refractivity contribution in [2.45, 2.75) is 26.8 Å². The Bertz CT molecular complexity index is 199. The zero-order valence-electron chi connectivity index (χ0n) is 7.92. The summed E-state index contributed by atoms with van der Waals surface area (Å²) in [5.41, 5.74) is 0. The molecule has 2 N–H and O–H groups in total. The lowest BCUT2D eigenvalue weighted by Gasteiger charge is -2.08. The van der Waals surface area contributed by atoms with E-state index < -0.39 is 10.0 Å². The number of rotatable bonds is 6. The van der Waals surface area contributed by atoms with E-state index in [9.17, 15) is 8.42 Å². The largest absolute Gasteiger partial charge is 0.316 e. The van der Waals surface area contributed by atoms with E-state index in [1.165, 1.54) is 0 Å². The molecule has 74 valence electrons. The Balaban J connectivity index is 3.73. The summed E-state index contributed by atoms with van der Waals surface area (Å²) >= 11 is 0. The van der Waals surface area contributed by atoms with Crippen molar-refractivity contribution in [3.63, 3.8) is 0 Å². The second-order valence-electron chi connectivity index (χ2n) is 2.94. The Morgan fingerprint density at radius 2 is 1.92 bits per heavy atom. The highest BCUT2D eigenvalue weighted by molar-refractivity contribution is 7.89. The molecular formula is C7H18N2O2S. The fraction of sp³-hybridized carbons (Fsp3) is 1.00. The lowest BCUT2D eigenvalue weighted by atomic mass is 10.4. The standard InChI is InChI=1S/C7H18N2O2S/c1-4-8-5-6-12(10,11)9-7(2)3/h7-9H,4-6H2,1-3H3. The Hall–Kier alpha value is -0.130. The van der Waals surface area contributed by atoms with Crippen LogP contribution in [0.15, 0.2) is 0 Å². The normalized spacial score (nSPS) is 12.3. The first-order chi connectivity index (χ1) is 5.48. The third-order valence-electron chi connectivity index (χ3n) is 1.21. The van der Waals surface area contributed by atoms with Gasteiger partial charge in [0.1, 0.15) is 0 Å². The molecule has 0 atom stereocenters. The van der Waals surface area contributed by atoms with E-state index >= 15 is 0 Å². The highest BCUT2D eigenvalue weighted by atomic mass is 32.2. The summed E-state index contributed by atoms with van der Waals surface area (Å²) in [6.07, 6.45) is 0. The lowest BCUT2D eigenvalue weighted by molar-refractivity contribution is 0.566. The van der Waals surface area contributed by atoms with Gasteiger partial charge < -0.3 is 5.32 Å². The molecular weight excluding hydrogens is 176 g/mol. The summed E-state index contributed by atoms with van der Waals surface area (Å²) in [6.45, 7) is 6.88. The molecule has 0 rings (SSSR count). The van der Waals surface area contributed by atoms with Crippen LogP contribution in [0.4, 0.5) is 0 Å². The Morgan fingerprint density at radius 1 is 1.33 bits per heavy atom. The lowest BCUT2D eigenvalue weighted by Crippen LogP contribution is -2.35. The minimum absolute atomic E-state index is 0.0170. The van der Waals surface area contributed by atoms with Crippen molar-refractivity contribution in [1.29, 1.82) is 0 Å². The van der Waals surface area contributed by atoms with Gasteiger partial charge in [0.05, 0.1) is 5.75 Å². The quantitative estimate of drug-likeness (QED) is 0.582. The first-order valence-electron chi connectivity index (χ1n) is 4.18. The van der Waals surface area contributed by atoms with Crippen LogP contribution < -0.4 is 10.0 Å². The van der Waals surface area contributed by atoms with Gasteiger partial charge in [-0.2, -0.15) is 0 Å². The summed E-state index contributed by atoms with van der Waals surface area (Å²) in [6, 6.07) is -0.0170. The zero-order valence-corrected chi connectivity index (χ0v) is 8.74. The van der Waals surface area contributed by atoms with E-state index in [2.05, 4.69) is 10.0 Å². The smallest absolute Gasteiger partial charge is 0.213 e. The van der Waals surface area contributed by atoms with Crippen molar-refractivity contribution in [1.82, 2.24) is 10.0 Å². The van der Waals surface area contributed by atoms with Gasteiger partial charge in [-0.1, -0.05) is 6.92 Å². The number of hydrogen-bond donors (Lipinski definition) is 2. The minimum atomic E-state index is -3.07. The first-order valence-corrected chi connectivity index (χ1v) is 5.84. The molecule has 0 aliphatic carbocycles. The minimum Gasteiger partial charge on any atom is -0.316 e. The fourth-order valence-electron chi connectivity index (χ4n) is 0.801. The number of sulfonamides is 1. The van der Waals surface area contributed by atoms with Gasteiger partial charge in [-0.05, 0) is 20.4 Å². The van der Waals surface area contributed by atoms with Crippen LogP contribution in [0.2, 0.25) is 0 Å². The van der Waals surface area contributed by atoms with Crippen LogP contribution in [-0.4, -0.2) is 33.3 Å². The van der Waals surface area contributed by atoms with Gasteiger partial charge in [0.25, 0.3) is 0 Å². The third kappa shape index (κ3) is 6.57. The van der Waals surface area contributed by atoms with E-state index in [0.29, 0.717) is 6.54 Å². The highest BCUT2D eigenvalue weighted by Gasteiger charge is 2.09. The molecule has 0 aromatic rings. The summed E-state index contributed by atoms with van der Waals surface area (Å²) in [5, 5.41) is 2.96. The molecule has 0 fully saturated rings. The van der Waals surface area contributed by atoms with Crippen molar-refractivity contribution >= 4 is 10.0 Å². The van der Waals surface area contributed by atoms with Crippen LogP contribution in [0, 0.1) is 0 Å². The van der Waals surface area contributed by atoms with Gasteiger partial charge in [0.2, 0.25) is 10.0 Å². The van der Waals surface area contributed by atoms with Crippen molar-refractivity contribution in [2.75, 3.05) is 18.8 Å². The van der Waals surface area contributed by atoms with E-state index in [1.807, 2.05) is 20.8 Å². The monoisotopic (exact) mass is 194 g/mol. The van der Waals surface area contributed by atoms with Crippen molar-refractivity contribution in [3.05, 3.63) is 0 Å². The number of nitrogens with one attached hydrogen (secondary N) is 2. The molecule has 4 nitrogen and oxygen atoms in total. The van der Waals surface area contributed by atoms with Crippen LogP contribution in [0.25, 0.3) is 0 Å². The maximum atomic E-state index is 11.2. The van der Waals surface area contributed by atoms with E-state index in [-0.39, 0.29) is 11.8 Å². The SMILES string of the molecule is CCNCCS(=O)(=O)NC(C)C. The molecule has 0 bridgehead atoms. The average Bonchev–Trinajstić information content (AvgIpc) is 1.84. The van der Waals surface area contributed by atoms with E-state index in [0.717, 1.165) is 6.54 Å². The summed E-state index contributed by atoms with van der Waals surface area (Å²) in [5.74, 6) is 0.152. The van der Waals surface area contributed by atoms with Crippen molar-refractivity contribution < 1.29 is 8.42 Å². The van der Waals surface area contributed by atoms with Gasteiger partial charge >= 0.3 is 0 Å². The summed E-state index contributed by atoms with van der Waals surface area (Å²) in [4.78, 5) is 0. The average molecular weight is 194 g/mol. The topological polar surface area (TPSA) is 58.2 Å². The highest BCUT2D eigenvalue weighted by Crippen LogP contribution is 1.86. The fourth-order valence-corrected chi connectivity index (χ4v) is 2.05. The van der Waals surface area contributed by atoms with Gasteiger partial charge in [0, 0.05) is 12.6 Å². The Labute approximate surface area is 74.8 Å². The predicted molar refractivity (Wildman–Crippen MR) is 50.6 cm³/mol. The zero-order chi connectivity index (χ0) is 9.61. The van der Waals surface area contributed by atoms with E-state index in [1.54, 1.807) is 0 Å². The van der Waals surface area contributed by atoms with Gasteiger partial charge in [-0.15, -0.1) is 0 Å². The number of hydrogen-bond acceptors (Lipinski definition) is 3. The molecule has 0 heterocycles. The Morgan fingerprint density at radius 3 is 2.33 bits per heavy atom. The second kappa shape index (κ2) is 5.50. The van der Waals surface area contributed by atoms with Crippen LogP contribution in [-0.2, 0) is 10.0 Å². The molecule has 5 heteroatoms. The molecule has 0 amide bonds. The molecule has 0 spiro atoms. The van der Waals surface area contributed by atoms with Crippen LogP contribution in [0.5, 0.6) is 0 Å². The molecule has 0 aliphatic rings. The molecule has 0 aromatic heterocycles. The maximum Gasteiger partial charge on any atom is 0.213 e. The third-order valence-corrected chi connectivity index (χ3v) is 2.78. The van der Waals surface area contributed by atoms with Crippen molar-refractivity contribution in [2.24, 2.45) is 0 Å². The Kier molecular flexibility index (Phi) is 5.44. The maximum absolute atomic E-state index is 11.2. The molecule has 0 saturated carbocycles. The van der Waals surface area contributed by atoms with Crippen LogP contribution in [0.1, 0.15) is 20.8 Å². The summed E-state index contributed by atoms with van der Waals surface area (Å²) in [7, 11) is -3.07. The van der Waals surface area contributed by atoms with Gasteiger partial charge in [0.15, 0.2) is 0 Å². The molecule has 0 unspecified atom stereocenters.